The van der Waals surface area contributed by atoms with Crippen molar-refractivity contribution in [3.8, 4) is 0 Å². The van der Waals surface area contributed by atoms with Crippen molar-refractivity contribution in [2.24, 2.45) is 0 Å². The number of thioether (sulfide) groups is 1. The number of alkyl halides is 3. The summed E-state index contributed by atoms with van der Waals surface area (Å²) in [5, 5.41) is 10.3. The number of hydrogen-bond acceptors (Lipinski definition) is 4. The number of benzene rings is 2. The molecule has 1 aliphatic rings. The molecule has 0 aliphatic carbocycles. The molecule has 3 nitrogen and oxygen atoms in total. The molecule has 0 spiro atoms. The van der Waals surface area contributed by atoms with Gasteiger partial charge in [-0.25, -0.2) is 4.39 Å². The Balaban J connectivity index is 1.43. The van der Waals surface area contributed by atoms with Crippen LogP contribution in [0.1, 0.15) is 5.56 Å². The summed E-state index contributed by atoms with van der Waals surface area (Å²) < 4.78 is 51.3. The molecule has 3 rings (SSSR count). The zero-order valence-electron chi connectivity index (χ0n) is 15.2. The van der Waals surface area contributed by atoms with Crippen molar-refractivity contribution in [2.45, 2.75) is 17.2 Å². The first kappa shape index (κ1) is 21.0. The third-order valence-corrected chi connectivity index (χ3v) is 5.78. The molecule has 0 amide bonds. The van der Waals surface area contributed by atoms with Crippen molar-refractivity contribution in [1.82, 2.24) is 4.90 Å². The lowest BCUT2D eigenvalue weighted by Gasteiger charge is -2.36. The van der Waals surface area contributed by atoms with Gasteiger partial charge < -0.3 is 10.0 Å². The Hall–Kier alpha value is -1.77. The molecule has 152 valence electrons. The van der Waals surface area contributed by atoms with Gasteiger partial charge in [-0.15, -0.1) is 11.8 Å². The minimum atomic E-state index is -4.36. The number of β-amino-alcohol motifs (C(OH)–C–C–N with tert-alkyl or cyclic N) is 1. The molecule has 1 aliphatic heterocycles. The Morgan fingerprint density at radius 3 is 2.32 bits per heavy atom. The van der Waals surface area contributed by atoms with Gasteiger partial charge in [-0.2, -0.15) is 13.2 Å². The fourth-order valence-electron chi connectivity index (χ4n) is 3.15. The molecule has 2 aromatic rings. The largest absolute Gasteiger partial charge is 0.416 e. The second-order valence-electron chi connectivity index (χ2n) is 6.75. The molecule has 1 saturated heterocycles. The van der Waals surface area contributed by atoms with Gasteiger partial charge in [0.15, 0.2) is 0 Å². The van der Waals surface area contributed by atoms with Crippen molar-refractivity contribution in [3.05, 3.63) is 59.9 Å². The van der Waals surface area contributed by atoms with E-state index in [2.05, 4.69) is 9.80 Å². The molecule has 0 saturated carbocycles. The molecule has 0 aromatic heterocycles. The Morgan fingerprint density at radius 2 is 1.68 bits per heavy atom. The zero-order valence-corrected chi connectivity index (χ0v) is 16.0. The van der Waals surface area contributed by atoms with Crippen molar-refractivity contribution >= 4 is 17.4 Å². The van der Waals surface area contributed by atoms with Crippen LogP contribution in [0.2, 0.25) is 0 Å². The first-order valence-electron chi connectivity index (χ1n) is 9.02. The highest BCUT2D eigenvalue weighted by molar-refractivity contribution is 7.99. The second-order valence-corrected chi connectivity index (χ2v) is 7.85. The maximum absolute atomic E-state index is 13.0. The van der Waals surface area contributed by atoms with E-state index in [0.717, 1.165) is 44.0 Å². The quantitative estimate of drug-likeness (QED) is 0.568. The maximum atomic E-state index is 13.0. The maximum Gasteiger partial charge on any atom is 0.416 e. The van der Waals surface area contributed by atoms with E-state index in [4.69, 9.17) is 0 Å². The van der Waals surface area contributed by atoms with Crippen LogP contribution < -0.4 is 4.90 Å². The summed E-state index contributed by atoms with van der Waals surface area (Å²) in [7, 11) is 0. The van der Waals surface area contributed by atoms with E-state index in [9.17, 15) is 22.7 Å². The van der Waals surface area contributed by atoms with Crippen LogP contribution in [0.15, 0.2) is 53.4 Å². The normalized spacial score (nSPS) is 17.0. The lowest BCUT2D eigenvalue weighted by Crippen LogP contribution is -2.48. The van der Waals surface area contributed by atoms with E-state index < -0.39 is 17.8 Å². The summed E-state index contributed by atoms with van der Waals surface area (Å²) in [6.45, 7) is 3.56. The van der Waals surface area contributed by atoms with Crippen LogP contribution in [0.5, 0.6) is 0 Å². The number of piperazine rings is 1. The molecule has 8 heteroatoms. The zero-order chi connectivity index (χ0) is 20.1. The van der Waals surface area contributed by atoms with Gasteiger partial charge in [0, 0.05) is 49.1 Å². The van der Waals surface area contributed by atoms with Crippen molar-refractivity contribution < 1.29 is 22.7 Å². The number of hydrogen-bond donors (Lipinski definition) is 1. The van der Waals surface area contributed by atoms with Crippen LogP contribution in [0, 0.1) is 5.82 Å². The molecule has 1 N–H and O–H groups in total. The first-order chi connectivity index (χ1) is 13.3. The fraction of sp³-hybridized carbons (Fsp3) is 0.400. The van der Waals surface area contributed by atoms with E-state index in [1.54, 1.807) is 18.2 Å². The second kappa shape index (κ2) is 9.15. The number of rotatable bonds is 6. The minimum Gasteiger partial charge on any atom is -0.391 e. The lowest BCUT2D eigenvalue weighted by atomic mass is 10.2. The van der Waals surface area contributed by atoms with E-state index in [0.29, 0.717) is 17.2 Å². The highest BCUT2D eigenvalue weighted by atomic mass is 32.2. The molecule has 2 aromatic carbocycles. The van der Waals surface area contributed by atoms with Crippen LogP contribution in [0.25, 0.3) is 0 Å². The average Bonchev–Trinajstić information content (AvgIpc) is 2.67. The van der Waals surface area contributed by atoms with Gasteiger partial charge in [-0.1, -0.05) is 6.07 Å². The van der Waals surface area contributed by atoms with Gasteiger partial charge in [0.05, 0.1) is 11.7 Å². The van der Waals surface area contributed by atoms with E-state index >= 15 is 0 Å². The van der Waals surface area contributed by atoms with Crippen LogP contribution >= 0.6 is 11.8 Å². The van der Waals surface area contributed by atoms with Crippen molar-refractivity contribution in [2.75, 3.05) is 43.4 Å². The number of nitrogens with zero attached hydrogens (tertiary/aromatic N) is 2. The Kier molecular flexibility index (Phi) is 6.85. The topological polar surface area (TPSA) is 26.7 Å². The van der Waals surface area contributed by atoms with E-state index in [-0.39, 0.29) is 5.82 Å². The molecule has 1 heterocycles. The third-order valence-electron chi connectivity index (χ3n) is 4.64. The number of halogens is 4. The van der Waals surface area contributed by atoms with Gasteiger partial charge in [0.1, 0.15) is 5.82 Å². The standard InChI is InChI=1S/C20H22F4N2OS/c21-16-4-6-17(7-5-16)26-10-8-25(9-11-26)13-18(27)14-28-19-3-1-2-15(12-19)20(22,23)24/h1-7,12,18,27H,8-11,13-14H2/t18-/m1/s1. The van der Waals surface area contributed by atoms with Crippen LogP contribution in [-0.4, -0.2) is 54.6 Å². The highest BCUT2D eigenvalue weighted by Gasteiger charge is 2.30. The van der Waals surface area contributed by atoms with Gasteiger partial charge in [-0.05, 0) is 42.5 Å². The summed E-state index contributed by atoms with van der Waals surface area (Å²) in [5.74, 6) is 0.0724. The van der Waals surface area contributed by atoms with Crippen LogP contribution in [0.4, 0.5) is 23.2 Å². The Labute approximate surface area is 166 Å². The van der Waals surface area contributed by atoms with Crippen molar-refractivity contribution in [3.63, 3.8) is 0 Å². The molecule has 1 atom stereocenters. The number of aliphatic hydroxyl groups excluding tert-OH is 1. The SMILES string of the molecule is O[C@@H](CSc1cccc(C(F)(F)F)c1)CN1CCN(c2ccc(F)cc2)CC1. The smallest absolute Gasteiger partial charge is 0.391 e. The average molecular weight is 414 g/mol. The molecule has 0 bridgehead atoms. The summed E-state index contributed by atoms with van der Waals surface area (Å²) in [6, 6.07) is 11.5. The predicted molar refractivity (Wildman–Crippen MR) is 103 cm³/mol. The van der Waals surface area contributed by atoms with Gasteiger partial charge in [0.25, 0.3) is 0 Å². The summed E-state index contributed by atoms with van der Waals surface area (Å²) >= 11 is 1.22. The Morgan fingerprint density at radius 1 is 1.00 bits per heavy atom. The van der Waals surface area contributed by atoms with E-state index in [1.807, 2.05) is 0 Å². The van der Waals surface area contributed by atoms with Crippen LogP contribution in [-0.2, 0) is 6.18 Å². The van der Waals surface area contributed by atoms with Crippen LogP contribution in [0.3, 0.4) is 0 Å². The summed E-state index contributed by atoms with van der Waals surface area (Å²) in [5.41, 5.74) is 0.297. The van der Waals surface area contributed by atoms with Crippen molar-refractivity contribution in [1.29, 1.82) is 0 Å². The number of aliphatic hydroxyl groups is 1. The molecule has 28 heavy (non-hydrogen) atoms. The van der Waals surface area contributed by atoms with Gasteiger partial charge in [0.2, 0.25) is 0 Å². The lowest BCUT2D eigenvalue weighted by molar-refractivity contribution is -0.137. The predicted octanol–water partition coefficient (Wildman–Crippen LogP) is 4.12. The summed E-state index contributed by atoms with van der Waals surface area (Å²) in [6.07, 6.45) is -4.99. The third kappa shape index (κ3) is 5.86. The summed E-state index contributed by atoms with van der Waals surface area (Å²) in [4.78, 5) is 4.80. The first-order valence-corrected chi connectivity index (χ1v) is 10.0. The van der Waals surface area contributed by atoms with E-state index in [1.165, 1.54) is 30.0 Å². The monoisotopic (exact) mass is 414 g/mol. The minimum absolute atomic E-state index is 0.260. The molecular weight excluding hydrogens is 392 g/mol. The molecular formula is C20H22F4N2OS. The fourth-order valence-corrected chi connectivity index (χ4v) is 4.02. The highest BCUT2D eigenvalue weighted by Crippen LogP contribution is 2.32. The molecule has 0 unspecified atom stereocenters. The number of anilines is 1. The van der Waals surface area contributed by atoms with Gasteiger partial charge >= 0.3 is 6.18 Å². The molecule has 1 fully saturated rings. The van der Waals surface area contributed by atoms with Gasteiger partial charge in [-0.3, -0.25) is 4.90 Å². The Bertz CT molecular complexity index is 762. The molecule has 0 radical (unpaired) electrons.